The zero-order chi connectivity index (χ0) is 15.8. The molecule has 0 saturated heterocycles. The number of aryl methyl sites for hydroxylation is 1. The zero-order valence-electron chi connectivity index (χ0n) is 13.0. The van der Waals surface area contributed by atoms with Gasteiger partial charge in [0.1, 0.15) is 5.82 Å². The molecule has 23 heavy (non-hydrogen) atoms. The van der Waals surface area contributed by atoms with Gasteiger partial charge >= 0.3 is 0 Å². The van der Waals surface area contributed by atoms with Crippen molar-refractivity contribution in [2.45, 2.75) is 31.6 Å². The number of hydrogen-bond acceptors (Lipinski definition) is 3. The molecule has 0 aliphatic heterocycles. The van der Waals surface area contributed by atoms with Crippen LogP contribution < -0.4 is 5.32 Å². The molecular formula is C17H19N5O. The Bertz CT molecular complexity index is 857. The van der Waals surface area contributed by atoms with Crippen LogP contribution in [0.5, 0.6) is 0 Å². The third-order valence-electron chi connectivity index (χ3n) is 4.64. The van der Waals surface area contributed by atoms with Crippen molar-refractivity contribution < 1.29 is 4.79 Å². The van der Waals surface area contributed by atoms with E-state index in [1.54, 1.807) is 16.9 Å². The summed E-state index contributed by atoms with van der Waals surface area (Å²) in [4.78, 5) is 12.6. The van der Waals surface area contributed by atoms with Gasteiger partial charge in [0.05, 0.1) is 23.0 Å². The molecular weight excluding hydrogens is 290 g/mol. The zero-order valence-corrected chi connectivity index (χ0v) is 13.0. The first-order valence-electron chi connectivity index (χ1n) is 8.00. The van der Waals surface area contributed by atoms with Gasteiger partial charge in [0.2, 0.25) is 0 Å². The maximum atomic E-state index is 12.6. The van der Waals surface area contributed by atoms with E-state index in [1.807, 2.05) is 25.2 Å². The number of nitrogens with zero attached hydrogens (tertiary/aromatic N) is 3. The number of anilines is 1. The second kappa shape index (κ2) is 5.53. The number of H-pyrrole nitrogens is 1. The lowest BCUT2D eigenvalue weighted by Crippen LogP contribution is -2.15. The molecule has 1 aliphatic rings. The minimum atomic E-state index is -0.152. The standard InChI is InChI=1S/C17H19N5O/c1-22-15(9-14(21-22)11-5-2-3-6-11)19-17(23)13-8-4-7-12-10-18-20-16(12)13/h4,7-11H,2-3,5-6H2,1H3,(H,18,20)(H,19,23). The van der Waals surface area contributed by atoms with E-state index in [0.717, 1.165) is 22.4 Å². The largest absolute Gasteiger partial charge is 0.307 e. The highest BCUT2D eigenvalue weighted by molar-refractivity contribution is 6.11. The molecule has 0 bridgehead atoms. The van der Waals surface area contributed by atoms with Crippen LogP contribution in [-0.4, -0.2) is 25.9 Å². The van der Waals surface area contributed by atoms with Gasteiger partial charge in [-0.3, -0.25) is 14.6 Å². The van der Waals surface area contributed by atoms with Crippen LogP contribution in [0.2, 0.25) is 0 Å². The van der Waals surface area contributed by atoms with Crippen molar-refractivity contribution in [3.63, 3.8) is 0 Å². The molecule has 6 heteroatoms. The molecule has 0 unspecified atom stereocenters. The average Bonchev–Trinajstić information content (AvgIpc) is 3.27. The van der Waals surface area contributed by atoms with Crippen molar-refractivity contribution in [2.24, 2.45) is 7.05 Å². The molecule has 0 radical (unpaired) electrons. The van der Waals surface area contributed by atoms with Crippen molar-refractivity contribution >= 4 is 22.6 Å². The van der Waals surface area contributed by atoms with E-state index < -0.39 is 0 Å². The second-order valence-corrected chi connectivity index (χ2v) is 6.15. The highest BCUT2D eigenvalue weighted by atomic mass is 16.1. The minimum absolute atomic E-state index is 0.152. The molecule has 0 spiro atoms. The summed E-state index contributed by atoms with van der Waals surface area (Å²) in [6.07, 6.45) is 6.64. The van der Waals surface area contributed by atoms with Gasteiger partial charge in [-0.25, -0.2) is 0 Å². The lowest BCUT2D eigenvalue weighted by atomic mass is 10.0. The lowest BCUT2D eigenvalue weighted by molar-refractivity contribution is 0.102. The molecule has 4 rings (SSSR count). The maximum absolute atomic E-state index is 12.6. The van der Waals surface area contributed by atoms with Crippen LogP contribution in [0, 0.1) is 0 Å². The number of nitrogens with one attached hydrogen (secondary N) is 2. The monoisotopic (exact) mass is 309 g/mol. The van der Waals surface area contributed by atoms with Gasteiger partial charge in [0, 0.05) is 24.4 Å². The fraction of sp³-hybridized carbons (Fsp3) is 0.353. The first-order chi connectivity index (χ1) is 11.2. The van der Waals surface area contributed by atoms with Gasteiger partial charge < -0.3 is 5.32 Å². The Hall–Kier alpha value is -2.63. The van der Waals surface area contributed by atoms with Crippen LogP contribution in [0.25, 0.3) is 10.9 Å². The van der Waals surface area contributed by atoms with Crippen LogP contribution in [0.4, 0.5) is 5.82 Å². The lowest BCUT2D eigenvalue weighted by Gasteiger charge is -2.05. The average molecular weight is 309 g/mol. The Morgan fingerprint density at radius 2 is 2.17 bits per heavy atom. The number of rotatable bonds is 3. The number of hydrogen-bond donors (Lipinski definition) is 2. The van der Waals surface area contributed by atoms with Crippen LogP contribution in [-0.2, 0) is 7.05 Å². The Morgan fingerprint density at radius 1 is 1.35 bits per heavy atom. The molecule has 1 amide bonds. The predicted octanol–water partition coefficient (Wildman–Crippen LogP) is 3.21. The number of benzene rings is 1. The van der Waals surface area contributed by atoms with Gasteiger partial charge in [-0.15, -0.1) is 0 Å². The van der Waals surface area contributed by atoms with Crippen molar-refractivity contribution in [3.05, 3.63) is 41.7 Å². The highest BCUT2D eigenvalue weighted by Crippen LogP contribution is 2.34. The molecule has 2 N–H and O–H groups in total. The minimum Gasteiger partial charge on any atom is -0.307 e. The fourth-order valence-electron chi connectivity index (χ4n) is 3.37. The third kappa shape index (κ3) is 2.50. The Balaban J connectivity index is 1.60. The normalized spacial score (nSPS) is 15.3. The SMILES string of the molecule is Cn1nc(C2CCCC2)cc1NC(=O)c1cccc2cn[nH]c12. The summed E-state index contributed by atoms with van der Waals surface area (Å²) >= 11 is 0. The first-order valence-corrected chi connectivity index (χ1v) is 8.00. The molecule has 1 fully saturated rings. The van der Waals surface area contributed by atoms with Crippen LogP contribution in [0.1, 0.15) is 47.7 Å². The number of amides is 1. The Labute approximate surface area is 133 Å². The van der Waals surface area contributed by atoms with Crippen LogP contribution >= 0.6 is 0 Å². The molecule has 2 heterocycles. The number of carbonyl (C=O) groups is 1. The van der Waals surface area contributed by atoms with E-state index in [4.69, 9.17) is 0 Å². The number of aromatic amines is 1. The molecule has 118 valence electrons. The van der Waals surface area contributed by atoms with Gasteiger partial charge in [0.25, 0.3) is 5.91 Å². The first kappa shape index (κ1) is 14.0. The summed E-state index contributed by atoms with van der Waals surface area (Å²) in [5, 5.41) is 15.4. The van der Waals surface area contributed by atoms with E-state index in [-0.39, 0.29) is 5.91 Å². The van der Waals surface area contributed by atoms with Gasteiger partial charge in [-0.05, 0) is 18.9 Å². The summed E-state index contributed by atoms with van der Waals surface area (Å²) in [5.41, 5.74) is 2.42. The van der Waals surface area contributed by atoms with Crippen LogP contribution in [0.3, 0.4) is 0 Å². The fourth-order valence-corrected chi connectivity index (χ4v) is 3.37. The summed E-state index contributed by atoms with van der Waals surface area (Å²) in [6.45, 7) is 0. The summed E-state index contributed by atoms with van der Waals surface area (Å²) in [7, 11) is 1.87. The van der Waals surface area contributed by atoms with E-state index in [2.05, 4.69) is 20.6 Å². The second-order valence-electron chi connectivity index (χ2n) is 6.15. The third-order valence-corrected chi connectivity index (χ3v) is 4.64. The van der Waals surface area contributed by atoms with Crippen molar-refractivity contribution in [2.75, 3.05) is 5.32 Å². The quantitative estimate of drug-likeness (QED) is 0.780. The number of carbonyl (C=O) groups excluding carboxylic acids is 1. The van der Waals surface area contributed by atoms with Crippen molar-refractivity contribution in [3.8, 4) is 0 Å². The highest BCUT2D eigenvalue weighted by Gasteiger charge is 2.21. The molecule has 1 aliphatic carbocycles. The van der Waals surface area contributed by atoms with E-state index in [0.29, 0.717) is 11.5 Å². The number of aromatic nitrogens is 4. The Morgan fingerprint density at radius 3 is 3.00 bits per heavy atom. The Kier molecular flexibility index (Phi) is 3.37. The van der Waals surface area contributed by atoms with Crippen LogP contribution in [0.15, 0.2) is 30.5 Å². The van der Waals surface area contributed by atoms with Gasteiger partial charge in [0.15, 0.2) is 0 Å². The van der Waals surface area contributed by atoms with Crippen molar-refractivity contribution in [1.82, 2.24) is 20.0 Å². The molecule has 2 aromatic heterocycles. The molecule has 1 saturated carbocycles. The summed E-state index contributed by atoms with van der Waals surface area (Å²) < 4.78 is 1.75. The summed E-state index contributed by atoms with van der Waals surface area (Å²) in [6, 6.07) is 7.59. The summed E-state index contributed by atoms with van der Waals surface area (Å²) in [5.74, 6) is 1.11. The van der Waals surface area contributed by atoms with Gasteiger partial charge in [-0.2, -0.15) is 10.2 Å². The maximum Gasteiger partial charge on any atom is 0.258 e. The van der Waals surface area contributed by atoms with E-state index in [1.165, 1.54) is 25.7 Å². The molecule has 0 atom stereocenters. The number of para-hydroxylation sites is 1. The van der Waals surface area contributed by atoms with Gasteiger partial charge in [-0.1, -0.05) is 25.0 Å². The van der Waals surface area contributed by atoms with E-state index in [9.17, 15) is 4.79 Å². The molecule has 6 nitrogen and oxygen atoms in total. The number of fused-ring (bicyclic) bond motifs is 1. The van der Waals surface area contributed by atoms with Crippen molar-refractivity contribution in [1.29, 1.82) is 0 Å². The molecule has 3 aromatic rings. The predicted molar refractivity (Wildman–Crippen MR) is 88.5 cm³/mol. The smallest absolute Gasteiger partial charge is 0.258 e. The molecule has 1 aromatic carbocycles. The topological polar surface area (TPSA) is 75.6 Å². The van der Waals surface area contributed by atoms with E-state index >= 15 is 0 Å².